The highest BCUT2D eigenvalue weighted by molar-refractivity contribution is 7.12. The van der Waals surface area contributed by atoms with Gasteiger partial charge in [-0.05, 0) is 43.2 Å². The largest absolute Gasteiger partial charge is 0.366 e. The molecule has 2 nitrogen and oxygen atoms in total. The molecule has 2 unspecified atom stereocenters. The van der Waals surface area contributed by atoms with Crippen molar-refractivity contribution >= 4 is 22.9 Å². The van der Waals surface area contributed by atoms with Gasteiger partial charge in [-0.3, -0.25) is 0 Å². The highest BCUT2D eigenvalue weighted by Crippen LogP contribution is 2.29. The molecule has 1 aromatic heterocycles. The van der Waals surface area contributed by atoms with Gasteiger partial charge in [0.25, 0.3) is 0 Å². The first kappa shape index (κ1) is 15.5. The van der Waals surface area contributed by atoms with E-state index in [1.54, 1.807) is 11.3 Å². The molecule has 1 heterocycles. The number of nitrogens with two attached hydrogens (primary N) is 1. The Morgan fingerprint density at radius 3 is 2.70 bits per heavy atom. The van der Waals surface area contributed by atoms with Gasteiger partial charge >= 0.3 is 0 Å². The fourth-order valence-electron chi connectivity index (χ4n) is 2.05. The Hall–Kier alpha value is -0.870. The summed E-state index contributed by atoms with van der Waals surface area (Å²) in [6, 6.07) is 12.0. The zero-order valence-electron chi connectivity index (χ0n) is 11.8. The van der Waals surface area contributed by atoms with E-state index in [2.05, 4.69) is 26.0 Å². The van der Waals surface area contributed by atoms with Crippen molar-refractivity contribution in [3.8, 4) is 0 Å². The maximum absolute atomic E-state index is 6.21. The van der Waals surface area contributed by atoms with Gasteiger partial charge in [0.15, 0.2) is 0 Å². The van der Waals surface area contributed by atoms with Crippen molar-refractivity contribution in [1.29, 1.82) is 0 Å². The molecule has 20 heavy (non-hydrogen) atoms. The normalized spacial score (nSPS) is 14.2. The molecule has 0 saturated heterocycles. The van der Waals surface area contributed by atoms with Crippen molar-refractivity contribution < 1.29 is 4.74 Å². The summed E-state index contributed by atoms with van der Waals surface area (Å²) >= 11 is 7.74. The smallest absolute Gasteiger partial charge is 0.107 e. The Morgan fingerprint density at radius 1 is 1.30 bits per heavy atom. The van der Waals surface area contributed by atoms with E-state index in [0.717, 1.165) is 17.0 Å². The van der Waals surface area contributed by atoms with Crippen LogP contribution in [0.2, 0.25) is 5.02 Å². The number of thiophene rings is 1. The van der Waals surface area contributed by atoms with Crippen LogP contribution in [0.25, 0.3) is 0 Å². The van der Waals surface area contributed by atoms with Crippen molar-refractivity contribution in [2.75, 3.05) is 0 Å². The van der Waals surface area contributed by atoms with Gasteiger partial charge < -0.3 is 10.5 Å². The van der Waals surface area contributed by atoms with Gasteiger partial charge in [-0.25, -0.2) is 0 Å². The molecule has 2 N–H and O–H groups in total. The lowest BCUT2D eigenvalue weighted by atomic mass is 10.1. The van der Waals surface area contributed by atoms with E-state index in [9.17, 15) is 0 Å². The number of rotatable bonds is 6. The zero-order chi connectivity index (χ0) is 14.5. The second-order valence-corrected chi connectivity index (χ2v) is 6.64. The summed E-state index contributed by atoms with van der Waals surface area (Å²) in [7, 11) is 0. The fraction of sp³-hybridized carbons (Fsp3) is 0.375. The highest BCUT2D eigenvalue weighted by atomic mass is 35.5. The molecule has 0 fully saturated rings. The minimum Gasteiger partial charge on any atom is -0.366 e. The average molecular weight is 310 g/mol. The summed E-state index contributed by atoms with van der Waals surface area (Å²) in [6.45, 7) is 4.70. The van der Waals surface area contributed by atoms with Crippen molar-refractivity contribution in [1.82, 2.24) is 0 Å². The molecule has 4 heteroatoms. The number of hydrogen-bond acceptors (Lipinski definition) is 3. The van der Waals surface area contributed by atoms with Gasteiger partial charge in [0, 0.05) is 20.8 Å². The number of hydrogen-bond donors (Lipinski definition) is 1. The number of halogens is 1. The first-order valence-corrected chi connectivity index (χ1v) is 7.97. The Bertz CT molecular complexity index is 555. The predicted octanol–water partition coefficient (Wildman–Crippen LogP) is 4.71. The van der Waals surface area contributed by atoms with Gasteiger partial charge in [0.1, 0.15) is 6.10 Å². The van der Waals surface area contributed by atoms with E-state index >= 15 is 0 Å². The highest BCUT2D eigenvalue weighted by Gasteiger charge is 2.20. The summed E-state index contributed by atoms with van der Waals surface area (Å²) in [5, 5.41) is 0.731. The van der Waals surface area contributed by atoms with Crippen LogP contribution in [0.4, 0.5) is 0 Å². The molecule has 0 amide bonds. The summed E-state index contributed by atoms with van der Waals surface area (Å²) in [5.74, 6) is 0. The molecule has 2 aromatic rings. The van der Waals surface area contributed by atoms with Crippen molar-refractivity contribution in [3.63, 3.8) is 0 Å². The van der Waals surface area contributed by atoms with Crippen LogP contribution >= 0.6 is 22.9 Å². The predicted molar refractivity (Wildman–Crippen MR) is 86.3 cm³/mol. The van der Waals surface area contributed by atoms with Gasteiger partial charge in [-0.2, -0.15) is 0 Å². The second-order valence-electron chi connectivity index (χ2n) is 4.88. The third-order valence-corrected chi connectivity index (χ3v) is 4.52. The molecule has 0 spiro atoms. The molecule has 0 radical (unpaired) electrons. The van der Waals surface area contributed by atoms with Crippen LogP contribution in [-0.2, 0) is 11.3 Å². The van der Waals surface area contributed by atoms with Crippen LogP contribution in [0, 0.1) is 6.92 Å². The minimum absolute atomic E-state index is 0.00670. The van der Waals surface area contributed by atoms with Crippen molar-refractivity contribution in [2.24, 2.45) is 5.73 Å². The fourth-order valence-corrected chi connectivity index (χ4v) is 3.27. The Balaban J connectivity index is 2.08. The molecule has 0 aliphatic heterocycles. The van der Waals surface area contributed by atoms with Gasteiger partial charge in [0.2, 0.25) is 0 Å². The van der Waals surface area contributed by atoms with E-state index in [0.29, 0.717) is 6.61 Å². The summed E-state index contributed by atoms with van der Waals surface area (Å²) in [5.41, 5.74) is 7.28. The molecule has 0 aliphatic rings. The maximum atomic E-state index is 6.21. The summed E-state index contributed by atoms with van der Waals surface area (Å²) in [6.07, 6.45) is 0.828. The SMILES string of the molecule is CCC(N)C(OCc1cccc(Cl)c1)c1ccc(C)s1. The molecule has 2 rings (SSSR count). The van der Waals surface area contributed by atoms with Crippen LogP contribution in [0.15, 0.2) is 36.4 Å². The van der Waals surface area contributed by atoms with Gasteiger partial charge in [-0.15, -0.1) is 11.3 Å². The van der Waals surface area contributed by atoms with Gasteiger partial charge in [-0.1, -0.05) is 30.7 Å². The molecule has 0 bridgehead atoms. The van der Waals surface area contributed by atoms with Crippen LogP contribution < -0.4 is 5.73 Å². The average Bonchev–Trinajstić information content (AvgIpc) is 2.85. The van der Waals surface area contributed by atoms with Crippen molar-refractivity contribution in [3.05, 3.63) is 56.7 Å². The first-order chi connectivity index (χ1) is 9.60. The number of aryl methyl sites for hydroxylation is 1. The summed E-state index contributed by atoms with van der Waals surface area (Å²) < 4.78 is 6.06. The minimum atomic E-state index is -0.0577. The second kappa shape index (κ2) is 7.23. The molecular formula is C16H20ClNOS. The van der Waals surface area contributed by atoms with Crippen LogP contribution in [-0.4, -0.2) is 6.04 Å². The van der Waals surface area contributed by atoms with E-state index in [1.807, 2.05) is 24.3 Å². The molecule has 2 atom stereocenters. The molecular weight excluding hydrogens is 290 g/mol. The monoisotopic (exact) mass is 309 g/mol. The Kier molecular flexibility index (Phi) is 5.61. The Morgan fingerprint density at radius 2 is 2.10 bits per heavy atom. The third kappa shape index (κ3) is 4.06. The first-order valence-electron chi connectivity index (χ1n) is 6.78. The molecule has 0 aliphatic carbocycles. The van der Waals surface area contributed by atoms with E-state index in [-0.39, 0.29) is 12.1 Å². The zero-order valence-corrected chi connectivity index (χ0v) is 13.4. The quantitative estimate of drug-likeness (QED) is 0.839. The van der Waals surface area contributed by atoms with E-state index in [1.165, 1.54) is 9.75 Å². The van der Waals surface area contributed by atoms with Crippen LogP contribution in [0.5, 0.6) is 0 Å². The standard InChI is InChI=1S/C16H20ClNOS/c1-3-14(18)16(15-8-7-11(2)20-15)19-10-12-5-4-6-13(17)9-12/h4-9,14,16H,3,10,18H2,1-2H3. The lowest BCUT2D eigenvalue weighted by Crippen LogP contribution is -2.29. The topological polar surface area (TPSA) is 35.2 Å². The number of benzene rings is 1. The third-order valence-electron chi connectivity index (χ3n) is 3.22. The lowest BCUT2D eigenvalue weighted by Gasteiger charge is -2.22. The molecule has 0 saturated carbocycles. The maximum Gasteiger partial charge on any atom is 0.107 e. The van der Waals surface area contributed by atoms with Crippen molar-refractivity contribution in [2.45, 2.75) is 39.0 Å². The number of ether oxygens (including phenoxy) is 1. The van der Waals surface area contributed by atoms with Gasteiger partial charge in [0.05, 0.1) is 6.61 Å². The van der Waals surface area contributed by atoms with E-state index in [4.69, 9.17) is 22.1 Å². The summed E-state index contributed by atoms with van der Waals surface area (Å²) in [4.78, 5) is 2.47. The molecule has 108 valence electrons. The van der Waals surface area contributed by atoms with E-state index < -0.39 is 0 Å². The lowest BCUT2D eigenvalue weighted by molar-refractivity contribution is 0.0236. The van der Waals surface area contributed by atoms with Crippen LogP contribution in [0.3, 0.4) is 0 Å². The molecule has 1 aromatic carbocycles. The Labute approximate surface area is 129 Å². The van der Waals surface area contributed by atoms with Crippen LogP contribution in [0.1, 0.15) is 34.8 Å².